The number of carbonyl (C=O) groups excluding carboxylic acids is 2. The molecule has 0 bridgehead atoms. The van der Waals surface area contributed by atoms with Gasteiger partial charge in [0.05, 0.1) is 6.61 Å². The summed E-state index contributed by atoms with van der Waals surface area (Å²) in [6.07, 6.45) is 6.43. The van der Waals surface area contributed by atoms with Crippen LogP contribution >= 0.6 is 0 Å². The van der Waals surface area contributed by atoms with Gasteiger partial charge in [0, 0.05) is 46.1 Å². The molecule has 2 aliphatic rings. The van der Waals surface area contributed by atoms with Crippen LogP contribution in [0.5, 0.6) is 0 Å². The predicted octanol–water partition coefficient (Wildman–Crippen LogP) is 2.69. The van der Waals surface area contributed by atoms with Gasteiger partial charge in [-0.05, 0) is 43.4 Å². The van der Waals surface area contributed by atoms with Crippen molar-refractivity contribution in [3.63, 3.8) is 0 Å². The monoisotopic (exact) mass is 338 g/mol. The standard InChI is InChI=1S/C19H34N2O3/c1-16(2)4-5-17(22)20-11-8-19(9-12-20)7-6-18(23)21(13-10-19)14-15-24-3/h16H,4-15H2,1-3H3. The summed E-state index contributed by atoms with van der Waals surface area (Å²) in [6, 6.07) is 0. The number of rotatable bonds is 6. The number of amides is 2. The van der Waals surface area contributed by atoms with Gasteiger partial charge in [0.1, 0.15) is 0 Å². The average Bonchev–Trinajstić information content (AvgIpc) is 2.72. The van der Waals surface area contributed by atoms with Gasteiger partial charge >= 0.3 is 0 Å². The number of nitrogens with zero attached hydrogens (tertiary/aromatic N) is 2. The van der Waals surface area contributed by atoms with Crippen molar-refractivity contribution in [2.24, 2.45) is 11.3 Å². The molecule has 0 aromatic carbocycles. The Morgan fingerprint density at radius 1 is 1.17 bits per heavy atom. The number of likely N-dealkylation sites (tertiary alicyclic amines) is 2. The summed E-state index contributed by atoms with van der Waals surface area (Å²) in [7, 11) is 1.68. The van der Waals surface area contributed by atoms with Crippen LogP contribution in [0.2, 0.25) is 0 Å². The molecule has 0 unspecified atom stereocenters. The largest absolute Gasteiger partial charge is 0.383 e. The van der Waals surface area contributed by atoms with E-state index >= 15 is 0 Å². The van der Waals surface area contributed by atoms with Crippen molar-refractivity contribution in [3.05, 3.63) is 0 Å². The molecule has 0 atom stereocenters. The molecule has 0 radical (unpaired) electrons. The highest BCUT2D eigenvalue weighted by molar-refractivity contribution is 5.77. The zero-order chi connectivity index (χ0) is 17.6. The molecule has 2 amide bonds. The Bertz CT molecular complexity index is 428. The first-order valence-corrected chi connectivity index (χ1v) is 9.50. The third kappa shape index (κ3) is 5.20. The summed E-state index contributed by atoms with van der Waals surface area (Å²) in [5.74, 6) is 1.15. The zero-order valence-corrected chi connectivity index (χ0v) is 15.7. The van der Waals surface area contributed by atoms with E-state index in [2.05, 4.69) is 13.8 Å². The normalized spacial score (nSPS) is 21.4. The van der Waals surface area contributed by atoms with Crippen LogP contribution < -0.4 is 0 Å². The third-order valence-electron chi connectivity index (χ3n) is 5.81. The maximum Gasteiger partial charge on any atom is 0.222 e. The Kier molecular flexibility index (Phi) is 7.08. The molecule has 138 valence electrons. The van der Waals surface area contributed by atoms with Gasteiger partial charge in [0.15, 0.2) is 0 Å². The Labute approximate surface area is 146 Å². The van der Waals surface area contributed by atoms with E-state index in [-0.39, 0.29) is 11.3 Å². The van der Waals surface area contributed by atoms with Crippen molar-refractivity contribution < 1.29 is 14.3 Å². The van der Waals surface area contributed by atoms with Crippen LogP contribution in [0.3, 0.4) is 0 Å². The molecule has 0 aromatic heterocycles. The molecule has 2 heterocycles. The topological polar surface area (TPSA) is 49.9 Å². The first-order chi connectivity index (χ1) is 11.5. The zero-order valence-electron chi connectivity index (χ0n) is 15.7. The van der Waals surface area contributed by atoms with E-state index in [1.807, 2.05) is 9.80 Å². The van der Waals surface area contributed by atoms with Gasteiger partial charge < -0.3 is 14.5 Å². The van der Waals surface area contributed by atoms with Gasteiger partial charge in [-0.2, -0.15) is 0 Å². The molecule has 0 aromatic rings. The summed E-state index contributed by atoms with van der Waals surface area (Å²) >= 11 is 0. The molecule has 5 heteroatoms. The number of methoxy groups -OCH3 is 1. The predicted molar refractivity (Wildman–Crippen MR) is 94.6 cm³/mol. The molecule has 24 heavy (non-hydrogen) atoms. The Hall–Kier alpha value is -1.10. The van der Waals surface area contributed by atoms with Gasteiger partial charge in [-0.15, -0.1) is 0 Å². The number of hydrogen-bond donors (Lipinski definition) is 0. The fourth-order valence-electron chi connectivity index (χ4n) is 3.89. The van der Waals surface area contributed by atoms with Crippen LogP contribution in [0.4, 0.5) is 0 Å². The highest BCUT2D eigenvalue weighted by atomic mass is 16.5. The van der Waals surface area contributed by atoms with Gasteiger partial charge in [-0.25, -0.2) is 0 Å². The van der Waals surface area contributed by atoms with Gasteiger partial charge in [0.2, 0.25) is 11.8 Å². The molecule has 0 N–H and O–H groups in total. The minimum atomic E-state index is 0.256. The maximum atomic E-state index is 12.3. The number of ether oxygens (including phenoxy) is 1. The molecule has 2 fully saturated rings. The van der Waals surface area contributed by atoms with Crippen LogP contribution in [-0.2, 0) is 14.3 Å². The molecule has 1 spiro atoms. The lowest BCUT2D eigenvalue weighted by molar-refractivity contribution is -0.134. The van der Waals surface area contributed by atoms with Crippen molar-refractivity contribution in [2.45, 2.75) is 58.8 Å². The van der Waals surface area contributed by atoms with Crippen LogP contribution in [-0.4, -0.2) is 61.5 Å². The number of piperidine rings is 1. The summed E-state index contributed by atoms with van der Waals surface area (Å²) < 4.78 is 5.11. The van der Waals surface area contributed by atoms with E-state index < -0.39 is 0 Å². The Balaban J connectivity index is 1.84. The van der Waals surface area contributed by atoms with Gasteiger partial charge in [0.25, 0.3) is 0 Å². The summed E-state index contributed by atoms with van der Waals surface area (Å²) in [4.78, 5) is 28.6. The van der Waals surface area contributed by atoms with Crippen molar-refractivity contribution in [1.29, 1.82) is 0 Å². The first-order valence-electron chi connectivity index (χ1n) is 9.50. The van der Waals surface area contributed by atoms with Crippen LogP contribution in [0.15, 0.2) is 0 Å². The van der Waals surface area contributed by atoms with E-state index in [0.717, 1.165) is 51.7 Å². The Morgan fingerprint density at radius 3 is 2.46 bits per heavy atom. The Morgan fingerprint density at radius 2 is 1.83 bits per heavy atom. The highest BCUT2D eigenvalue weighted by Crippen LogP contribution is 2.41. The van der Waals surface area contributed by atoms with Crippen LogP contribution in [0.1, 0.15) is 58.8 Å². The quantitative estimate of drug-likeness (QED) is 0.748. The van der Waals surface area contributed by atoms with E-state index in [9.17, 15) is 9.59 Å². The average molecular weight is 338 g/mol. The van der Waals surface area contributed by atoms with E-state index in [0.29, 0.717) is 37.8 Å². The van der Waals surface area contributed by atoms with Gasteiger partial charge in [-0.3, -0.25) is 9.59 Å². The lowest BCUT2D eigenvalue weighted by Crippen LogP contribution is -2.43. The molecule has 0 saturated carbocycles. The third-order valence-corrected chi connectivity index (χ3v) is 5.81. The fourth-order valence-corrected chi connectivity index (χ4v) is 3.89. The number of hydrogen-bond acceptors (Lipinski definition) is 3. The summed E-state index contributed by atoms with van der Waals surface area (Å²) in [6.45, 7) is 8.20. The maximum absolute atomic E-state index is 12.3. The van der Waals surface area contributed by atoms with Gasteiger partial charge in [-0.1, -0.05) is 13.8 Å². The molecule has 2 aliphatic heterocycles. The molecule has 0 aliphatic carbocycles. The van der Waals surface area contributed by atoms with Crippen molar-refractivity contribution >= 4 is 11.8 Å². The van der Waals surface area contributed by atoms with Crippen LogP contribution in [0.25, 0.3) is 0 Å². The summed E-state index contributed by atoms with van der Waals surface area (Å²) in [5.41, 5.74) is 0.256. The number of carbonyl (C=O) groups is 2. The second kappa shape index (κ2) is 8.84. The molecule has 2 rings (SSSR count). The van der Waals surface area contributed by atoms with Crippen molar-refractivity contribution in [2.75, 3.05) is 39.9 Å². The van der Waals surface area contributed by atoms with E-state index in [1.165, 1.54) is 0 Å². The smallest absolute Gasteiger partial charge is 0.222 e. The molecular weight excluding hydrogens is 304 g/mol. The second-order valence-electron chi connectivity index (χ2n) is 7.94. The lowest BCUT2D eigenvalue weighted by atomic mass is 9.73. The van der Waals surface area contributed by atoms with E-state index in [1.54, 1.807) is 7.11 Å². The van der Waals surface area contributed by atoms with Crippen molar-refractivity contribution in [1.82, 2.24) is 9.80 Å². The molecular formula is C19H34N2O3. The highest BCUT2D eigenvalue weighted by Gasteiger charge is 2.38. The molecule has 2 saturated heterocycles. The second-order valence-corrected chi connectivity index (χ2v) is 7.94. The van der Waals surface area contributed by atoms with E-state index in [4.69, 9.17) is 4.74 Å². The molecule has 5 nitrogen and oxygen atoms in total. The van der Waals surface area contributed by atoms with Crippen LogP contribution in [0, 0.1) is 11.3 Å². The SMILES string of the molecule is COCCN1CCC2(CCC1=O)CCN(C(=O)CCC(C)C)CC2. The minimum absolute atomic E-state index is 0.256. The van der Waals surface area contributed by atoms with Crippen molar-refractivity contribution in [3.8, 4) is 0 Å². The minimum Gasteiger partial charge on any atom is -0.383 e. The fraction of sp³-hybridized carbons (Fsp3) is 0.895. The summed E-state index contributed by atoms with van der Waals surface area (Å²) in [5, 5.41) is 0. The first kappa shape index (κ1) is 19.2. The lowest BCUT2D eigenvalue weighted by Gasteiger charge is -2.41.